The van der Waals surface area contributed by atoms with Crippen LogP contribution in [0.3, 0.4) is 0 Å². The van der Waals surface area contributed by atoms with E-state index in [0.29, 0.717) is 18.0 Å². The number of rotatable bonds is 7. The number of nitrogens with one attached hydrogen (secondary N) is 1. The van der Waals surface area contributed by atoms with Crippen molar-refractivity contribution < 1.29 is 9.53 Å². The molecule has 0 aliphatic heterocycles. The second-order valence-corrected chi connectivity index (χ2v) is 5.79. The summed E-state index contributed by atoms with van der Waals surface area (Å²) in [6.45, 7) is 7.03. The number of hydrogen-bond donors (Lipinski definition) is 2. The van der Waals surface area contributed by atoms with Crippen molar-refractivity contribution in [3.8, 4) is 5.75 Å². The van der Waals surface area contributed by atoms with Crippen molar-refractivity contribution >= 4 is 11.6 Å². The average Bonchev–Trinajstić information content (AvgIpc) is 2.40. The number of nitrogens with zero attached hydrogens (tertiary/aromatic N) is 1. The zero-order valence-electron chi connectivity index (χ0n) is 13.6. The summed E-state index contributed by atoms with van der Waals surface area (Å²) in [5.74, 6) is 0.356. The number of ether oxygens (including phenoxy) is 1. The number of carbonyl (C=O) groups excluding carboxylic acids is 1. The van der Waals surface area contributed by atoms with Crippen LogP contribution in [0.1, 0.15) is 19.4 Å². The fraction of sp³-hybridized carbons (Fsp3) is 0.562. The molecular weight excluding hydrogens is 266 g/mol. The first kappa shape index (κ1) is 17.5. The van der Waals surface area contributed by atoms with Crippen LogP contribution in [0.2, 0.25) is 0 Å². The van der Waals surface area contributed by atoms with Gasteiger partial charge in [-0.25, -0.2) is 0 Å². The van der Waals surface area contributed by atoms with Crippen molar-refractivity contribution in [3.63, 3.8) is 0 Å². The minimum absolute atomic E-state index is 0.0914. The Morgan fingerprint density at radius 2 is 2.05 bits per heavy atom. The molecule has 5 nitrogen and oxygen atoms in total. The zero-order chi connectivity index (χ0) is 16.0. The average molecular weight is 293 g/mol. The molecule has 21 heavy (non-hydrogen) atoms. The third-order valence-electron chi connectivity index (χ3n) is 3.39. The Bertz CT molecular complexity index is 473. The molecule has 0 fully saturated rings. The van der Waals surface area contributed by atoms with Crippen molar-refractivity contribution in [2.24, 2.45) is 11.7 Å². The smallest absolute Gasteiger partial charge is 0.228 e. The van der Waals surface area contributed by atoms with Crippen LogP contribution in [0.4, 0.5) is 5.69 Å². The van der Waals surface area contributed by atoms with E-state index >= 15 is 0 Å². The minimum atomic E-state index is -0.249. The van der Waals surface area contributed by atoms with Crippen molar-refractivity contribution in [1.82, 2.24) is 4.90 Å². The molecule has 118 valence electrons. The summed E-state index contributed by atoms with van der Waals surface area (Å²) in [5.41, 5.74) is 7.55. The number of likely N-dealkylation sites (N-methyl/N-ethyl adjacent to an activating group) is 1. The topological polar surface area (TPSA) is 67.6 Å². The van der Waals surface area contributed by atoms with E-state index in [-0.39, 0.29) is 17.9 Å². The normalized spacial score (nSPS) is 13.9. The SMILES string of the molecule is Cc1ccc(NC(=O)C(C)C(C)N)c(OCCN(C)C)c1. The van der Waals surface area contributed by atoms with E-state index in [0.717, 1.165) is 12.1 Å². The highest BCUT2D eigenvalue weighted by Gasteiger charge is 2.18. The van der Waals surface area contributed by atoms with E-state index in [1.54, 1.807) is 0 Å². The van der Waals surface area contributed by atoms with Crippen molar-refractivity contribution in [2.75, 3.05) is 32.6 Å². The molecule has 0 aliphatic rings. The van der Waals surface area contributed by atoms with Crippen LogP contribution in [-0.4, -0.2) is 44.1 Å². The first-order valence-electron chi connectivity index (χ1n) is 7.26. The molecular formula is C16H27N3O2. The molecule has 0 bridgehead atoms. The maximum atomic E-state index is 12.1. The largest absolute Gasteiger partial charge is 0.490 e. The van der Waals surface area contributed by atoms with Gasteiger partial charge in [0.05, 0.1) is 11.6 Å². The molecule has 0 saturated heterocycles. The third-order valence-corrected chi connectivity index (χ3v) is 3.39. The van der Waals surface area contributed by atoms with E-state index in [1.807, 2.05) is 58.0 Å². The Balaban J connectivity index is 2.79. The molecule has 0 aliphatic carbocycles. The Labute approximate surface area is 127 Å². The molecule has 0 heterocycles. The summed E-state index contributed by atoms with van der Waals surface area (Å²) >= 11 is 0. The van der Waals surface area contributed by atoms with Gasteiger partial charge in [-0.2, -0.15) is 0 Å². The summed E-state index contributed by atoms with van der Waals surface area (Å²) in [6, 6.07) is 5.56. The highest BCUT2D eigenvalue weighted by Crippen LogP contribution is 2.26. The van der Waals surface area contributed by atoms with Gasteiger partial charge in [0.15, 0.2) is 0 Å². The van der Waals surface area contributed by atoms with Crippen LogP contribution in [0, 0.1) is 12.8 Å². The fourth-order valence-corrected chi connectivity index (χ4v) is 1.68. The molecule has 2 atom stereocenters. The van der Waals surface area contributed by atoms with Gasteiger partial charge in [-0.05, 0) is 45.6 Å². The number of benzene rings is 1. The number of nitrogens with two attached hydrogens (primary N) is 1. The first-order valence-corrected chi connectivity index (χ1v) is 7.26. The van der Waals surface area contributed by atoms with Gasteiger partial charge in [0, 0.05) is 12.6 Å². The van der Waals surface area contributed by atoms with E-state index in [9.17, 15) is 4.79 Å². The predicted octanol–water partition coefficient (Wildman–Crippen LogP) is 1.86. The lowest BCUT2D eigenvalue weighted by Crippen LogP contribution is -2.34. The molecule has 0 radical (unpaired) electrons. The molecule has 1 aromatic carbocycles. The number of carbonyl (C=O) groups is 1. The van der Waals surface area contributed by atoms with Crippen molar-refractivity contribution in [2.45, 2.75) is 26.8 Å². The quantitative estimate of drug-likeness (QED) is 0.805. The predicted molar refractivity (Wildman–Crippen MR) is 86.7 cm³/mol. The van der Waals surface area contributed by atoms with Gasteiger partial charge in [-0.15, -0.1) is 0 Å². The van der Waals surface area contributed by atoms with Crippen molar-refractivity contribution in [3.05, 3.63) is 23.8 Å². The highest BCUT2D eigenvalue weighted by atomic mass is 16.5. The van der Waals surface area contributed by atoms with Crippen LogP contribution in [-0.2, 0) is 4.79 Å². The number of aryl methyl sites for hydroxylation is 1. The third kappa shape index (κ3) is 5.73. The number of anilines is 1. The van der Waals surface area contributed by atoms with Crippen LogP contribution >= 0.6 is 0 Å². The van der Waals surface area contributed by atoms with Crippen LogP contribution in [0.25, 0.3) is 0 Å². The molecule has 3 N–H and O–H groups in total. The summed E-state index contributed by atoms with van der Waals surface area (Å²) in [7, 11) is 3.99. The number of amides is 1. The summed E-state index contributed by atoms with van der Waals surface area (Å²) < 4.78 is 5.78. The van der Waals surface area contributed by atoms with Crippen molar-refractivity contribution in [1.29, 1.82) is 0 Å². The second-order valence-electron chi connectivity index (χ2n) is 5.79. The van der Waals surface area contributed by atoms with Gasteiger partial charge in [0.25, 0.3) is 0 Å². The fourth-order valence-electron chi connectivity index (χ4n) is 1.68. The van der Waals surface area contributed by atoms with E-state index in [1.165, 1.54) is 0 Å². The zero-order valence-corrected chi connectivity index (χ0v) is 13.6. The molecule has 0 aromatic heterocycles. The van der Waals surface area contributed by atoms with E-state index in [2.05, 4.69) is 5.32 Å². The molecule has 1 rings (SSSR count). The Morgan fingerprint density at radius 1 is 1.38 bits per heavy atom. The number of hydrogen-bond acceptors (Lipinski definition) is 4. The van der Waals surface area contributed by atoms with E-state index in [4.69, 9.17) is 10.5 Å². The maximum absolute atomic E-state index is 12.1. The Morgan fingerprint density at radius 3 is 2.62 bits per heavy atom. The van der Waals surface area contributed by atoms with E-state index < -0.39 is 0 Å². The molecule has 0 saturated carbocycles. The molecule has 1 aromatic rings. The van der Waals surface area contributed by atoms with Gasteiger partial charge in [-0.1, -0.05) is 13.0 Å². The second kappa shape index (κ2) is 8.00. The molecule has 5 heteroatoms. The van der Waals surface area contributed by atoms with Gasteiger partial charge >= 0.3 is 0 Å². The summed E-state index contributed by atoms with van der Waals surface area (Å²) in [4.78, 5) is 14.2. The highest BCUT2D eigenvalue weighted by molar-refractivity contribution is 5.94. The van der Waals surface area contributed by atoms with Gasteiger partial charge in [-0.3, -0.25) is 4.79 Å². The lowest BCUT2D eigenvalue weighted by atomic mass is 10.0. The van der Waals surface area contributed by atoms with Gasteiger partial charge in [0.2, 0.25) is 5.91 Å². The summed E-state index contributed by atoms with van der Waals surface area (Å²) in [6.07, 6.45) is 0. The van der Waals surface area contributed by atoms with Gasteiger partial charge in [0.1, 0.15) is 12.4 Å². The lowest BCUT2D eigenvalue weighted by molar-refractivity contribution is -0.119. The summed E-state index contributed by atoms with van der Waals surface area (Å²) in [5, 5.41) is 2.90. The minimum Gasteiger partial charge on any atom is -0.490 e. The lowest BCUT2D eigenvalue weighted by Gasteiger charge is -2.18. The van der Waals surface area contributed by atoms with Crippen LogP contribution < -0.4 is 15.8 Å². The van der Waals surface area contributed by atoms with Crippen LogP contribution in [0.15, 0.2) is 18.2 Å². The molecule has 0 spiro atoms. The first-order chi connectivity index (χ1) is 9.81. The monoisotopic (exact) mass is 293 g/mol. The Hall–Kier alpha value is -1.59. The standard InChI is InChI=1S/C16H27N3O2/c1-11-6-7-14(18-16(20)12(2)13(3)17)15(10-11)21-9-8-19(4)5/h6-7,10,12-13H,8-9,17H2,1-5H3,(H,18,20). The molecule has 2 unspecified atom stereocenters. The Kier molecular flexibility index (Phi) is 6.65. The van der Waals surface area contributed by atoms with Crippen LogP contribution in [0.5, 0.6) is 5.75 Å². The maximum Gasteiger partial charge on any atom is 0.228 e. The molecule has 1 amide bonds. The van der Waals surface area contributed by atoms with Gasteiger partial charge < -0.3 is 20.7 Å².